The summed E-state index contributed by atoms with van der Waals surface area (Å²) >= 11 is 1.36. The molecule has 0 radical (unpaired) electrons. The van der Waals surface area contributed by atoms with E-state index in [-0.39, 0.29) is 29.9 Å². The molecule has 1 aliphatic rings. The van der Waals surface area contributed by atoms with Crippen LogP contribution in [0.15, 0.2) is 40.8 Å². The normalized spacial score (nSPS) is 15.1. The van der Waals surface area contributed by atoms with Gasteiger partial charge < -0.3 is 5.32 Å². The molecule has 1 fully saturated rings. The van der Waals surface area contributed by atoms with Crippen LogP contribution in [0.1, 0.15) is 32.1 Å². The molecule has 1 aliphatic carbocycles. The molecular weight excluding hydrogens is 365 g/mol. The molecule has 0 unspecified atom stereocenters. The minimum Gasteiger partial charge on any atom is -0.352 e. The Kier molecular flexibility index (Phi) is 5.03. The van der Waals surface area contributed by atoms with Gasteiger partial charge in [-0.25, -0.2) is 9.37 Å². The van der Waals surface area contributed by atoms with Crippen molar-refractivity contribution in [2.45, 2.75) is 44.7 Å². The summed E-state index contributed by atoms with van der Waals surface area (Å²) in [5, 5.41) is 5.34. The second-order valence-corrected chi connectivity index (χ2v) is 7.77. The molecule has 0 bridgehead atoms. The van der Waals surface area contributed by atoms with Crippen LogP contribution in [0.5, 0.6) is 0 Å². The number of fused-ring (bicyclic) bond motifs is 1. The minimum absolute atomic E-state index is 0.0447. The highest BCUT2D eigenvalue weighted by atomic mass is 32.1. The van der Waals surface area contributed by atoms with Gasteiger partial charge >= 0.3 is 0 Å². The van der Waals surface area contributed by atoms with Crippen molar-refractivity contribution in [2.75, 3.05) is 0 Å². The lowest BCUT2D eigenvalue weighted by Crippen LogP contribution is -2.39. The Morgan fingerprint density at radius 3 is 2.70 bits per heavy atom. The Balaban J connectivity index is 1.61. The number of carbonyl (C=O) groups is 1. The first-order chi connectivity index (χ1) is 13.1. The highest BCUT2D eigenvalue weighted by Gasteiger charge is 2.18. The average molecular weight is 385 g/mol. The standard InChI is InChI=1S/C20H20FN3O2S/c21-14-8-6-13(7-9-14)16-11-27-19-18(16)20(26)24(12-22-19)10-17(25)23-15-4-2-1-3-5-15/h6-9,11-12,15H,1-5,10H2,(H,23,25). The first kappa shape index (κ1) is 17.9. The summed E-state index contributed by atoms with van der Waals surface area (Å²) in [6.07, 6.45) is 6.91. The zero-order valence-electron chi connectivity index (χ0n) is 14.8. The van der Waals surface area contributed by atoms with Crippen molar-refractivity contribution in [3.63, 3.8) is 0 Å². The van der Waals surface area contributed by atoms with Gasteiger partial charge in [-0.3, -0.25) is 14.2 Å². The predicted octanol–water partition coefficient (Wildman–Crippen LogP) is 3.71. The molecule has 1 N–H and O–H groups in total. The number of benzene rings is 1. The molecule has 27 heavy (non-hydrogen) atoms. The van der Waals surface area contributed by atoms with Crippen molar-refractivity contribution >= 4 is 27.5 Å². The number of hydrogen-bond donors (Lipinski definition) is 1. The number of amides is 1. The molecule has 2 heterocycles. The van der Waals surface area contributed by atoms with E-state index in [1.807, 2.05) is 5.38 Å². The largest absolute Gasteiger partial charge is 0.352 e. The Labute approximate surface area is 159 Å². The molecule has 0 spiro atoms. The van der Waals surface area contributed by atoms with Crippen LogP contribution in [0.3, 0.4) is 0 Å². The molecule has 0 aliphatic heterocycles. The monoisotopic (exact) mass is 385 g/mol. The lowest BCUT2D eigenvalue weighted by Gasteiger charge is -2.22. The predicted molar refractivity (Wildman–Crippen MR) is 104 cm³/mol. The van der Waals surface area contributed by atoms with Gasteiger partial charge in [-0.05, 0) is 30.5 Å². The van der Waals surface area contributed by atoms with Crippen LogP contribution in [0.25, 0.3) is 21.3 Å². The van der Waals surface area contributed by atoms with Crippen LogP contribution >= 0.6 is 11.3 Å². The molecule has 7 heteroatoms. The minimum atomic E-state index is -0.326. The molecule has 0 atom stereocenters. The molecule has 4 rings (SSSR count). The van der Waals surface area contributed by atoms with Crippen LogP contribution in [-0.2, 0) is 11.3 Å². The first-order valence-corrected chi connectivity index (χ1v) is 10.0. The van der Waals surface area contributed by atoms with E-state index >= 15 is 0 Å². The number of hydrogen-bond acceptors (Lipinski definition) is 4. The van der Waals surface area contributed by atoms with Gasteiger partial charge in [0.25, 0.3) is 5.56 Å². The Morgan fingerprint density at radius 1 is 1.22 bits per heavy atom. The van der Waals surface area contributed by atoms with Crippen molar-refractivity contribution in [3.05, 3.63) is 52.1 Å². The lowest BCUT2D eigenvalue weighted by molar-refractivity contribution is -0.122. The Hall–Kier alpha value is -2.54. The topological polar surface area (TPSA) is 64.0 Å². The summed E-state index contributed by atoms with van der Waals surface area (Å²) in [5.74, 6) is -0.489. The van der Waals surface area contributed by atoms with Gasteiger partial charge in [0.05, 0.1) is 11.7 Å². The quantitative estimate of drug-likeness (QED) is 0.745. The number of carbonyl (C=O) groups excluding carboxylic acids is 1. The summed E-state index contributed by atoms with van der Waals surface area (Å²) in [6.45, 7) is -0.0447. The molecule has 5 nitrogen and oxygen atoms in total. The summed E-state index contributed by atoms with van der Waals surface area (Å²) < 4.78 is 14.5. The fourth-order valence-electron chi connectivity index (χ4n) is 3.60. The van der Waals surface area contributed by atoms with Gasteiger partial charge in [0.2, 0.25) is 5.91 Å². The second kappa shape index (κ2) is 7.60. The van der Waals surface area contributed by atoms with Gasteiger partial charge in [0.15, 0.2) is 0 Å². The number of aromatic nitrogens is 2. The number of thiophene rings is 1. The van der Waals surface area contributed by atoms with Gasteiger partial charge in [-0.1, -0.05) is 31.4 Å². The van der Waals surface area contributed by atoms with Gasteiger partial charge in [0.1, 0.15) is 17.2 Å². The highest BCUT2D eigenvalue weighted by Crippen LogP contribution is 2.30. The van der Waals surface area contributed by atoms with E-state index in [2.05, 4.69) is 10.3 Å². The third-order valence-electron chi connectivity index (χ3n) is 5.00. The third-order valence-corrected chi connectivity index (χ3v) is 5.89. The van der Waals surface area contributed by atoms with Crippen LogP contribution in [0.2, 0.25) is 0 Å². The first-order valence-electron chi connectivity index (χ1n) is 9.14. The van der Waals surface area contributed by atoms with Crippen molar-refractivity contribution in [1.82, 2.24) is 14.9 Å². The highest BCUT2D eigenvalue weighted by molar-refractivity contribution is 7.17. The Bertz CT molecular complexity index is 1020. The second-order valence-electron chi connectivity index (χ2n) is 6.92. The van der Waals surface area contributed by atoms with Gasteiger partial charge in [-0.2, -0.15) is 0 Å². The fourth-order valence-corrected chi connectivity index (χ4v) is 4.50. The number of nitrogens with zero attached hydrogens (tertiary/aromatic N) is 2. The van der Waals surface area contributed by atoms with Crippen LogP contribution in [-0.4, -0.2) is 21.5 Å². The number of nitrogens with one attached hydrogen (secondary N) is 1. The molecule has 1 aromatic carbocycles. The molecule has 140 valence electrons. The summed E-state index contributed by atoms with van der Waals surface area (Å²) in [6, 6.07) is 6.22. The van der Waals surface area contributed by atoms with E-state index < -0.39 is 0 Å². The van der Waals surface area contributed by atoms with Crippen molar-refractivity contribution < 1.29 is 9.18 Å². The number of rotatable bonds is 4. The molecule has 0 saturated heterocycles. The maximum absolute atomic E-state index is 13.2. The number of halogens is 1. The maximum Gasteiger partial charge on any atom is 0.263 e. The molecule has 1 saturated carbocycles. The van der Waals surface area contributed by atoms with E-state index in [1.54, 1.807) is 12.1 Å². The average Bonchev–Trinajstić information content (AvgIpc) is 3.10. The van der Waals surface area contributed by atoms with Crippen molar-refractivity contribution in [3.8, 4) is 11.1 Å². The zero-order valence-corrected chi connectivity index (χ0v) is 15.6. The van der Waals surface area contributed by atoms with Crippen LogP contribution in [0, 0.1) is 5.82 Å². The Morgan fingerprint density at radius 2 is 1.96 bits per heavy atom. The van der Waals surface area contributed by atoms with Crippen molar-refractivity contribution in [1.29, 1.82) is 0 Å². The van der Waals surface area contributed by atoms with E-state index in [0.29, 0.717) is 10.2 Å². The van der Waals surface area contributed by atoms with E-state index in [9.17, 15) is 14.0 Å². The van der Waals surface area contributed by atoms with E-state index in [1.165, 1.54) is 40.8 Å². The summed E-state index contributed by atoms with van der Waals surface area (Å²) in [4.78, 5) is 30.3. The maximum atomic E-state index is 13.2. The molecule has 3 aromatic rings. The third kappa shape index (κ3) is 3.78. The molecule has 1 amide bonds. The van der Waals surface area contributed by atoms with Crippen LogP contribution < -0.4 is 10.9 Å². The zero-order chi connectivity index (χ0) is 18.8. The molecular formula is C20H20FN3O2S. The van der Waals surface area contributed by atoms with Gasteiger partial charge in [-0.15, -0.1) is 11.3 Å². The van der Waals surface area contributed by atoms with Crippen LogP contribution in [0.4, 0.5) is 4.39 Å². The van der Waals surface area contributed by atoms with Crippen molar-refractivity contribution in [2.24, 2.45) is 0 Å². The fraction of sp³-hybridized carbons (Fsp3) is 0.350. The summed E-state index contributed by atoms with van der Waals surface area (Å²) in [7, 11) is 0. The summed E-state index contributed by atoms with van der Waals surface area (Å²) in [5.41, 5.74) is 1.22. The van der Waals surface area contributed by atoms with E-state index in [0.717, 1.165) is 36.8 Å². The smallest absolute Gasteiger partial charge is 0.263 e. The lowest BCUT2D eigenvalue weighted by atomic mass is 9.95. The SMILES string of the molecule is O=C(Cn1cnc2scc(-c3ccc(F)cc3)c2c1=O)NC1CCCCC1. The van der Waals surface area contributed by atoms with E-state index in [4.69, 9.17) is 0 Å². The van der Waals surface area contributed by atoms with Gasteiger partial charge in [0, 0.05) is 17.0 Å². The molecule has 2 aromatic heterocycles.